The Morgan fingerprint density at radius 1 is 1.16 bits per heavy atom. The van der Waals surface area contributed by atoms with E-state index >= 15 is 0 Å². The minimum Gasteiger partial charge on any atom is -0.497 e. The minimum atomic E-state index is 0.243. The van der Waals surface area contributed by atoms with Crippen molar-refractivity contribution in [3.05, 3.63) is 59.3 Å². The van der Waals surface area contributed by atoms with Gasteiger partial charge in [0.2, 0.25) is 11.5 Å². The van der Waals surface area contributed by atoms with Crippen molar-refractivity contribution in [1.29, 1.82) is 0 Å². The number of nitrogens with zero attached hydrogens (tertiary/aromatic N) is 2. The molecule has 4 rings (SSSR count). The average molecular weight is 425 g/mol. The monoisotopic (exact) mass is 425 g/mol. The van der Waals surface area contributed by atoms with Gasteiger partial charge in [0, 0.05) is 12.1 Å². The Morgan fingerprint density at radius 3 is 2.65 bits per heavy atom. The van der Waals surface area contributed by atoms with Crippen molar-refractivity contribution in [3.63, 3.8) is 0 Å². The molecular weight excluding hydrogens is 400 g/mol. The Bertz CT molecular complexity index is 1190. The highest BCUT2D eigenvalue weighted by Gasteiger charge is 2.28. The van der Waals surface area contributed by atoms with Crippen LogP contribution in [0.1, 0.15) is 31.7 Å². The van der Waals surface area contributed by atoms with Crippen LogP contribution in [0.4, 0.5) is 5.69 Å². The molecule has 0 bridgehead atoms. The zero-order valence-electron chi connectivity index (χ0n) is 17.9. The van der Waals surface area contributed by atoms with Gasteiger partial charge in [0.1, 0.15) is 17.2 Å². The molecule has 162 valence electrons. The second-order valence-electron chi connectivity index (χ2n) is 7.00. The second kappa shape index (κ2) is 8.23. The van der Waals surface area contributed by atoms with E-state index in [1.807, 2.05) is 19.9 Å². The molecule has 0 amide bonds. The number of rotatable bonds is 6. The molecule has 0 spiro atoms. The van der Waals surface area contributed by atoms with Gasteiger partial charge in [0.25, 0.3) is 0 Å². The zero-order chi connectivity index (χ0) is 22.1. The van der Waals surface area contributed by atoms with Crippen LogP contribution in [0.15, 0.2) is 52.3 Å². The molecule has 0 unspecified atom stereocenters. The fourth-order valence-corrected chi connectivity index (χ4v) is 3.60. The molecule has 1 aromatic heterocycles. The van der Waals surface area contributed by atoms with Crippen LogP contribution in [0.25, 0.3) is 17.2 Å². The maximum absolute atomic E-state index is 10.8. The SMILES string of the molecule is CCC(=Cc1oc2ccc(OC)c(CC)c2[n+]1O)C=C1Oc2ccc(OC)cc2N1O. The number of hydroxylamine groups is 1. The predicted octanol–water partition coefficient (Wildman–Crippen LogP) is 4.46. The third-order valence-electron chi connectivity index (χ3n) is 5.25. The molecule has 31 heavy (non-hydrogen) atoms. The molecule has 0 atom stereocenters. The largest absolute Gasteiger partial charge is 0.497 e. The lowest BCUT2D eigenvalue weighted by molar-refractivity contribution is -0.889. The minimum absolute atomic E-state index is 0.243. The van der Waals surface area contributed by atoms with Gasteiger partial charge in [-0.2, -0.15) is 5.06 Å². The van der Waals surface area contributed by atoms with Crippen molar-refractivity contribution in [3.8, 4) is 17.2 Å². The molecular formula is C23H25N2O6+. The summed E-state index contributed by atoms with van der Waals surface area (Å²) in [6.45, 7) is 3.95. The van der Waals surface area contributed by atoms with Crippen molar-refractivity contribution in [2.24, 2.45) is 0 Å². The average Bonchev–Trinajstić information content (AvgIpc) is 3.28. The summed E-state index contributed by atoms with van der Waals surface area (Å²) in [6.07, 6.45) is 4.69. The van der Waals surface area contributed by atoms with E-state index < -0.39 is 0 Å². The highest BCUT2D eigenvalue weighted by Crippen LogP contribution is 2.40. The van der Waals surface area contributed by atoms with E-state index in [2.05, 4.69) is 0 Å². The number of benzene rings is 2. The molecule has 3 aromatic rings. The van der Waals surface area contributed by atoms with Gasteiger partial charge >= 0.3 is 11.4 Å². The molecule has 0 aliphatic carbocycles. The van der Waals surface area contributed by atoms with Crippen LogP contribution in [0.2, 0.25) is 0 Å². The lowest BCUT2D eigenvalue weighted by Gasteiger charge is -2.09. The van der Waals surface area contributed by atoms with Gasteiger partial charge in [-0.3, -0.25) is 10.4 Å². The number of methoxy groups -OCH3 is 2. The quantitative estimate of drug-likeness (QED) is 0.445. The van der Waals surface area contributed by atoms with Crippen LogP contribution < -0.4 is 24.0 Å². The van der Waals surface area contributed by atoms with Crippen molar-refractivity contribution in [1.82, 2.24) is 0 Å². The Balaban J connectivity index is 1.72. The first-order chi connectivity index (χ1) is 15.0. The van der Waals surface area contributed by atoms with Crippen molar-refractivity contribution >= 4 is 22.9 Å². The van der Waals surface area contributed by atoms with Crippen LogP contribution in [-0.2, 0) is 6.42 Å². The van der Waals surface area contributed by atoms with Gasteiger partial charge in [-0.05, 0) is 42.7 Å². The van der Waals surface area contributed by atoms with E-state index in [0.29, 0.717) is 46.9 Å². The molecule has 2 N–H and O–H groups in total. The summed E-state index contributed by atoms with van der Waals surface area (Å²) < 4.78 is 23.3. The smallest absolute Gasteiger partial charge is 0.423 e. The number of ether oxygens (including phenoxy) is 3. The Hall–Kier alpha value is -3.65. The van der Waals surface area contributed by atoms with Gasteiger partial charge in [-0.25, -0.2) is 0 Å². The number of aromatic nitrogens is 1. The van der Waals surface area contributed by atoms with Crippen molar-refractivity contribution in [2.45, 2.75) is 26.7 Å². The van der Waals surface area contributed by atoms with Crippen LogP contribution in [-0.4, -0.2) is 24.6 Å². The highest BCUT2D eigenvalue weighted by atomic mass is 16.6. The molecule has 0 fully saturated rings. The Morgan fingerprint density at radius 2 is 1.97 bits per heavy atom. The fourth-order valence-electron chi connectivity index (χ4n) is 3.60. The molecule has 2 aromatic carbocycles. The Kier molecular flexibility index (Phi) is 5.48. The summed E-state index contributed by atoms with van der Waals surface area (Å²) in [5.41, 5.74) is 3.24. The first-order valence-electron chi connectivity index (χ1n) is 10.0. The van der Waals surface area contributed by atoms with E-state index in [-0.39, 0.29) is 11.8 Å². The lowest BCUT2D eigenvalue weighted by Crippen LogP contribution is -2.32. The van der Waals surface area contributed by atoms with Crippen LogP contribution in [0, 0.1) is 0 Å². The molecule has 0 saturated heterocycles. The summed E-state index contributed by atoms with van der Waals surface area (Å²) >= 11 is 0. The van der Waals surface area contributed by atoms with Crippen LogP contribution in [0.5, 0.6) is 17.2 Å². The first-order valence-corrected chi connectivity index (χ1v) is 10.0. The van der Waals surface area contributed by atoms with Gasteiger partial charge in [0.05, 0.1) is 30.6 Å². The molecule has 1 aliphatic heterocycles. The van der Waals surface area contributed by atoms with E-state index in [0.717, 1.165) is 20.9 Å². The molecule has 0 radical (unpaired) electrons. The fraction of sp³-hybridized carbons (Fsp3) is 0.261. The Labute approximate surface area is 179 Å². The maximum atomic E-state index is 10.8. The molecule has 2 heterocycles. The summed E-state index contributed by atoms with van der Waals surface area (Å²) in [5, 5.41) is 22.3. The second-order valence-corrected chi connectivity index (χ2v) is 7.00. The van der Waals surface area contributed by atoms with E-state index in [4.69, 9.17) is 18.6 Å². The topological polar surface area (TPSA) is 88.4 Å². The number of hydrogen-bond donors (Lipinski definition) is 2. The number of allylic oxidation sites excluding steroid dienone is 2. The van der Waals surface area contributed by atoms with Gasteiger partial charge in [0.15, 0.2) is 5.75 Å². The number of oxazole rings is 1. The van der Waals surface area contributed by atoms with Crippen molar-refractivity contribution < 1.29 is 33.8 Å². The highest BCUT2D eigenvalue weighted by molar-refractivity contribution is 5.77. The zero-order valence-corrected chi connectivity index (χ0v) is 17.9. The standard InChI is InChI=1S/C23H25N2O6/c1-5-14(11-21-24(26)17-13-15(28-3)7-8-19(17)30-21)12-22-25(27)23-16(6-2)18(29-4)9-10-20(23)31-22/h7-13,26-27H,5-6H2,1-4H3/q+1. The van der Waals surface area contributed by atoms with Gasteiger partial charge in [-0.15, -0.1) is 0 Å². The number of hydrogen-bond acceptors (Lipinski definition) is 7. The van der Waals surface area contributed by atoms with Gasteiger partial charge in [-0.1, -0.05) is 13.8 Å². The maximum Gasteiger partial charge on any atom is 0.423 e. The molecule has 0 saturated carbocycles. The predicted molar refractivity (Wildman–Crippen MR) is 114 cm³/mol. The summed E-state index contributed by atoms with van der Waals surface area (Å²) in [7, 11) is 3.16. The number of aryl methyl sites for hydroxylation is 1. The summed E-state index contributed by atoms with van der Waals surface area (Å²) in [5.74, 6) is 2.32. The van der Waals surface area contributed by atoms with Gasteiger partial charge < -0.3 is 18.6 Å². The summed E-state index contributed by atoms with van der Waals surface area (Å²) in [4.78, 5) is 0. The summed E-state index contributed by atoms with van der Waals surface area (Å²) in [6, 6.07) is 8.76. The van der Waals surface area contributed by atoms with Crippen molar-refractivity contribution in [2.75, 3.05) is 19.3 Å². The normalized spacial score (nSPS) is 14.8. The third-order valence-corrected chi connectivity index (χ3v) is 5.25. The molecule has 8 heteroatoms. The van der Waals surface area contributed by atoms with E-state index in [1.165, 1.54) is 0 Å². The van der Waals surface area contributed by atoms with E-state index in [9.17, 15) is 10.4 Å². The number of anilines is 1. The van der Waals surface area contributed by atoms with E-state index in [1.54, 1.807) is 50.6 Å². The lowest BCUT2D eigenvalue weighted by atomic mass is 10.1. The van der Waals surface area contributed by atoms with Crippen LogP contribution in [0.3, 0.4) is 0 Å². The molecule has 8 nitrogen and oxygen atoms in total. The third kappa shape index (κ3) is 3.55. The van der Waals surface area contributed by atoms with Crippen LogP contribution >= 0.6 is 0 Å². The first kappa shape index (κ1) is 20.6. The number of fused-ring (bicyclic) bond motifs is 2. The molecule has 1 aliphatic rings.